The van der Waals surface area contributed by atoms with Crippen molar-refractivity contribution < 1.29 is 5.11 Å². The Morgan fingerprint density at radius 3 is 2.53 bits per heavy atom. The van der Waals surface area contributed by atoms with Gasteiger partial charge in [0.2, 0.25) is 0 Å². The molecule has 2 N–H and O–H groups in total. The standard InChI is InChI=1S/C15H29NO/c1-2-12-6-5-7-13(11-10-12)16-14-8-3-4-9-15(14)17/h12-17H,2-11H2,1H3. The molecule has 0 spiro atoms. The second-order valence-electron chi connectivity index (χ2n) is 6.10. The topological polar surface area (TPSA) is 32.3 Å². The highest BCUT2D eigenvalue weighted by Gasteiger charge is 2.26. The molecule has 2 saturated carbocycles. The fraction of sp³-hybridized carbons (Fsp3) is 1.00. The molecule has 2 fully saturated rings. The van der Waals surface area contributed by atoms with Crippen LogP contribution in [0.5, 0.6) is 0 Å². The van der Waals surface area contributed by atoms with Crippen molar-refractivity contribution in [2.75, 3.05) is 0 Å². The molecule has 2 aliphatic carbocycles. The lowest BCUT2D eigenvalue weighted by molar-refractivity contribution is 0.0835. The lowest BCUT2D eigenvalue weighted by Crippen LogP contribution is -2.46. The van der Waals surface area contributed by atoms with Crippen LogP contribution in [0.25, 0.3) is 0 Å². The molecule has 2 rings (SSSR count). The Balaban J connectivity index is 1.77. The molecule has 100 valence electrons. The van der Waals surface area contributed by atoms with Gasteiger partial charge in [-0.3, -0.25) is 0 Å². The van der Waals surface area contributed by atoms with E-state index in [9.17, 15) is 5.11 Å². The molecule has 0 aromatic carbocycles. The monoisotopic (exact) mass is 239 g/mol. The van der Waals surface area contributed by atoms with E-state index in [4.69, 9.17) is 0 Å². The van der Waals surface area contributed by atoms with Gasteiger partial charge in [-0.25, -0.2) is 0 Å². The first kappa shape index (κ1) is 13.4. The molecule has 17 heavy (non-hydrogen) atoms. The van der Waals surface area contributed by atoms with Crippen molar-refractivity contribution in [3.8, 4) is 0 Å². The molecule has 0 aromatic rings. The van der Waals surface area contributed by atoms with E-state index < -0.39 is 0 Å². The Morgan fingerprint density at radius 1 is 0.941 bits per heavy atom. The number of hydrogen-bond acceptors (Lipinski definition) is 2. The van der Waals surface area contributed by atoms with Crippen molar-refractivity contribution in [1.29, 1.82) is 0 Å². The van der Waals surface area contributed by atoms with Crippen LogP contribution in [0, 0.1) is 5.92 Å². The molecule has 0 aliphatic heterocycles. The van der Waals surface area contributed by atoms with Gasteiger partial charge in [0.05, 0.1) is 6.10 Å². The molecule has 4 unspecified atom stereocenters. The third-order valence-electron chi connectivity index (χ3n) is 4.84. The molecular weight excluding hydrogens is 210 g/mol. The van der Waals surface area contributed by atoms with Gasteiger partial charge >= 0.3 is 0 Å². The second-order valence-corrected chi connectivity index (χ2v) is 6.10. The number of aliphatic hydroxyl groups is 1. The van der Waals surface area contributed by atoms with Crippen LogP contribution < -0.4 is 5.32 Å². The Hall–Kier alpha value is -0.0800. The minimum absolute atomic E-state index is 0.0889. The molecule has 0 saturated heterocycles. The van der Waals surface area contributed by atoms with Crippen molar-refractivity contribution >= 4 is 0 Å². The summed E-state index contributed by atoms with van der Waals surface area (Å²) in [6, 6.07) is 1.05. The predicted octanol–water partition coefficient (Wildman–Crippen LogP) is 3.24. The minimum Gasteiger partial charge on any atom is -0.392 e. The van der Waals surface area contributed by atoms with E-state index in [1.54, 1.807) is 0 Å². The van der Waals surface area contributed by atoms with E-state index in [-0.39, 0.29) is 6.10 Å². The van der Waals surface area contributed by atoms with Crippen LogP contribution in [0.2, 0.25) is 0 Å². The van der Waals surface area contributed by atoms with Gasteiger partial charge < -0.3 is 10.4 Å². The van der Waals surface area contributed by atoms with Crippen molar-refractivity contribution in [3.63, 3.8) is 0 Å². The normalized spacial score (nSPS) is 39.9. The second kappa shape index (κ2) is 6.75. The third-order valence-corrected chi connectivity index (χ3v) is 4.84. The smallest absolute Gasteiger partial charge is 0.0693 e. The van der Waals surface area contributed by atoms with Gasteiger partial charge in [0.25, 0.3) is 0 Å². The van der Waals surface area contributed by atoms with Crippen molar-refractivity contribution in [1.82, 2.24) is 5.32 Å². The summed E-state index contributed by atoms with van der Waals surface area (Å²) >= 11 is 0. The maximum absolute atomic E-state index is 10.0. The highest BCUT2D eigenvalue weighted by molar-refractivity contribution is 4.85. The van der Waals surface area contributed by atoms with E-state index in [0.717, 1.165) is 12.3 Å². The van der Waals surface area contributed by atoms with Crippen LogP contribution in [0.4, 0.5) is 0 Å². The fourth-order valence-corrected chi connectivity index (χ4v) is 3.56. The van der Waals surface area contributed by atoms with Gasteiger partial charge in [-0.15, -0.1) is 0 Å². The molecule has 2 aliphatic rings. The molecule has 0 heterocycles. The highest BCUT2D eigenvalue weighted by Crippen LogP contribution is 2.27. The van der Waals surface area contributed by atoms with E-state index in [0.29, 0.717) is 12.1 Å². The Morgan fingerprint density at radius 2 is 1.76 bits per heavy atom. The van der Waals surface area contributed by atoms with Crippen LogP contribution in [0.1, 0.15) is 71.1 Å². The summed E-state index contributed by atoms with van der Waals surface area (Å²) in [5.41, 5.74) is 0. The van der Waals surface area contributed by atoms with Gasteiger partial charge in [-0.2, -0.15) is 0 Å². The zero-order valence-corrected chi connectivity index (χ0v) is 11.3. The van der Waals surface area contributed by atoms with Crippen molar-refractivity contribution in [2.24, 2.45) is 5.92 Å². The average molecular weight is 239 g/mol. The van der Waals surface area contributed by atoms with Crippen LogP contribution in [0.3, 0.4) is 0 Å². The molecule has 2 heteroatoms. The lowest BCUT2D eigenvalue weighted by Gasteiger charge is -2.32. The van der Waals surface area contributed by atoms with E-state index in [1.807, 2.05) is 0 Å². The van der Waals surface area contributed by atoms with Crippen LogP contribution in [-0.4, -0.2) is 23.3 Å². The van der Waals surface area contributed by atoms with E-state index in [2.05, 4.69) is 12.2 Å². The van der Waals surface area contributed by atoms with Gasteiger partial charge in [-0.1, -0.05) is 39.0 Å². The highest BCUT2D eigenvalue weighted by atomic mass is 16.3. The minimum atomic E-state index is -0.0889. The first-order chi connectivity index (χ1) is 8.29. The fourth-order valence-electron chi connectivity index (χ4n) is 3.56. The SMILES string of the molecule is CCC1CCCC(NC2CCCCC2O)CC1. The summed E-state index contributed by atoms with van der Waals surface area (Å²) in [5.74, 6) is 0.957. The zero-order valence-electron chi connectivity index (χ0n) is 11.3. The largest absolute Gasteiger partial charge is 0.392 e. The number of hydrogen-bond donors (Lipinski definition) is 2. The van der Waals surface area contributed by atoms with Crippen LogP contribution in [-0.2, 0) is 0 Å². The van der Waals surface area contributed by atoms with E-state index in [1.165, 1.54) is 57.8 Å². The molecule has 0 bridgehead atoms. The Labute approximate surface area is 106 Å². The lowest BCUT2D eigenvalue weighted by atomic mass is 9.91. The summed E-state index contributed by atoms with van der Waals surface area (Å²) in [4.78, 5) is 0. The summed E-state index contributed by atoms with van der Waals surface area (Å²) in [6.07, 6.45) is 12.8. The maximum atomic E-state index is 10.0. The van der Waals surface area contributed by atoms with Crippen molar-refractivity contribution in [3.05, 3.63) is 0 Å². The summed E-state index contributed by atoms with van der Waals surface area (Å²) < 4.78 is 0. The maximum Gasteiger partial charge on any atom is 0.0693 e. The molecule has 0 amide bonds. The van der Waals surface area contributed by atoms with Gasteiger partial charge in [0.1, 0.15) is 0 Å². The number of aliphatic hydroxyl groups excluding tert-OH is 1. The summed E-state index contributed by atoms with van der Waals surface area (Å²) in [6.45, 7) is 2.32. The third kappa shape index (κ3) is 3.96. The van der Waals surface area contributed by atoms with Gasteiger partial charge in [0.15, 0.2) is 0 Å². The van der Waals surface area contributed by atoms with E-state index >= 15 is 0 Å². The average Bonchev–Trinajstić information content (AvgIpc) is 2.57. The Bertz CT molecular complexity index is 219. The predicted molar refractivity (Wildman–Crippen MR) is 72.1 cm³/mol. The van der Waals surface area contributed by atoms with Crippen LogP contribution >= 0.6 is 0 Å². The van der Waals surface area contributed by atoms with Gasteiger partial charge in [0, 0.05) is 12.1 Å². The van der Waals surface area contributed by atoms with Crippen molar-refractivity contribution in [2.45, 2.75) is 89.3 Å². The Kier molecular flexibility index (Phi) is 5.30. The first-order valence-electron chi connectivity index (χ1n) is 7.73. The summed E-state index contributed by atoms with van der Waals surface area (Å²) in [7, 11) is 0. The van der Waals surface area contributed by atoms with Gasteiger partial charge in [-0.05, 0) is 38.0 Å². The molecular formula is C15H29NO. The molecule has 0 radical (unpaired) electrons. The first-order valence-corrected chi connectivity index (χ1v) is 7.73. The number of nitrogens with one attached hydrogen (secondary N) is 1. The molecule has 4 atom stereocenters. The quantitative estimate of drug-likeness (QED) is 0.741. The molecule has 0 aromatic heterocycles. The summed E-state index contributed by atoms with van der Waals surface area (Å²) in [5, 5.41) is 13.7. The van der Waals surface area contributed by atoms with Crippen LogP contribution in [0.15, 0.2) is 0 Å². The zero-order chi connectivity index (χ0) is 12.1. The number of rotatable bonds is 3. The molecule has 2 nitrogen and oxygen atoms in total.